The molecule has 0 aliphatic heterocycles. The second kappa shape index (κ2) is 5.45. The molecule has 2 N–H and O–H groups in total. The van der Waals surface area contributed by atoms with E-state index in [0.717, 1.165) is 5.56 Å². The van der Waals surface area contributed by atoms with Crippen molar-refractivity contribution in [2.24, 2.45) is 5.73 Å². The molecule has 0 amide bonds. The standard InChI is InChI=1S/C13H13N3O3/c1-9-12(16(17)18)3-2-4-13(9)19-11-5-10(6-14)7-15-8-11/h2-5,7-8H,6,14H2,1H3. The Hall–Kier alpha value is -2.47. The summed E-state index contributed by atoms with van der Waals surface area (Å²) in [6.45, 7) is 2.01. The van der Waals surface area contributed by atoms with E-state index in [9.17, 15) is 10.1 Å². The quantitative estimate of drug-likeness (QED) is 0.673. The van der Waals surface area contributed by atoms with Gasteiger partial charge >= 0.3 is 0 Å². The SMILES string of the molecule is Cc1c(Oc2cncc(CN)c2)cccc1[N+](=O)[O-]. The Kier molecular flexibility index (Phi) is 3.72. The summed E-state index contributed by atoms with van der Waals surface area (Å²) < 4.78 is 5.62. The minimum atomic E-state index is -0.434. The van der Waals surface area contributed by atoms with Crippen LogP contribution in [0.4, 0.5) is 5.69 Å². The molecule has 0 saturated carbocycles. The largest absolute Gasteiger partial charge is 0.455 e. The van der Waals surface area contributed by atoms with Crippen molar-refractivity contribution >= 4 is 5.69 Å². The third-order valence-corrected chi connectivity index (χ3v) is 2.69. The van der Waals surface area contributed by atoms with Crippen LogP contribution >= 0.6 is 0 Å². The van der Waals surface area contributed by atoms with Gasteiger partial charge in [0.25, 0.3) is 5.69 Å². The Morgan fingerprint density at radius 1 is 1.42 bits per heavy atom. The molecule has 0 unspecified atom stereocenters. The third-order valence-electron chi connectivity index (χ3n) is 2.69. The number of nitrogens with zero attached hydrogens (tertiary/aromatic N) is 2. The molecule has 0 aliphatic carbocycles. The molecule has 0 fully saturated rings. The summed E-state index contributed by atoms with van der Waals surface area (Å²) in [7, 11) is 0. The Labute approximate surface area is 110 Å². The molecule has 1 aromatic heterocycles. The van der Waals surface area contributed by atoms with Crippen LogP contribution in [0.5, 0.6) is 11.5 Å². The topological polar surface area (TPSA) is 91.3 Å². The van der Waals surface area contributed by atoms with E-state index < -0.39 is 4.92 Å². The van der Waals surface area contributed by atoms with Crippen molar-refractivity contribution in [2.75, 3.05) is 0 Å². The van der Waals surface area contributed by atoms with E-state index in [2.05, 4.69) is 4.98 Å². The number of nitro groups is 1. The van der Waals surface area contributed by atoms with E-state index >= 15 is 0 Å². The number of aromatic nitrogens is 1. The Bertz CT molecular complexity index is 614. The lowest BCUT2D eigenvalue weighted by Gasteiger charge is -2.09. The molecule has 0 radical (unpaired) electrons. The van der Waals surface area contributed by atoms with Gasteiger partial charge in [0.2, 0.25) is 0 Å². The van der Waals surface area contributed by atoms with E-state index in [-0.39, 0.29) is 5.69 Å². The highest BCUT2D eigenvalue weighted by Gasteiger charge is 2.14. The number of rotatable bonds is 4. The molecule has 98 valence electrons. The summed E-state index contributed by atoms with van der Waals surface area (Å²) in [6, 6.07) is 6.46. The van der Waals surface area contributed by atoms with E-state index in [4.69, 9.17) is 10.5 Å². The molecular weight excluding hydrogens is 246 g/mol. The van der Waals surface area contributed by atoms with Crippen molar-refractivity contribution in [1.82, 2.24) is 4.98 Å². The maximum absolute atomic E-state index is 10.8. The summed E-state index contributed by atoms with van der Waals surface area (Å²) in [5.74, 6) is 0.941. The van der Waals surface area contributed by atoms with Crippen molar-refractivity contribution < 1.29 is 9.66 Å². The first-order valence-corrected chi connectivity index (χ1v) is 5.67. The molecule has 1 aromatic carbocycles. The molecule has 2 aromatic rings. The van der Waals surface area contributed by atoms with Crippen molar-refractivity contribution in [3.8, 4) is 11.5 Å². The Morgan fingerprint density at radius 3 is 2.89 bits per heavy atom. The first kappa shape index (κ1) is 13.0. The van der Waals surface area contributed by atoms with Crippen molar-refractivity contribution in [3.05, 3.63) is 57.9 Å². The van der Waals surface area contributed by atoms with E-state index in [1.165, 1.54) is 12.3 Å². The van der Waals surface area contributed by atoms with Crippen LogP contribution in [0.15, 0.2) is 36.7 Å². The van der Waals surface area contributed by atoms with Gasteiger partial charge in [-0.15, -0.1) is 0 Å². The van der Waals surface area contributed by atoms with Gasteiger partial charge < -0.3 is 10.5 Å². The predicted molar refractivity (Wildman–Crippen MR) is 70.0 cm³/mol. The van der Waals surface area contributed by atoms with Crippen molar-refractivity contribution in [1.29, 1.82) is 0 Å². The number of hydrogen-bond donors (Lipinski definition) is 1. The van der Waals surface area contributed by atoms with Gasteiger partial charge in [-0.05, 0) is 24.6 Å². The number of benzene rings is 1. The average Bonchev–Trinajstić information content (AvgIpc) is 2.41. The Morgan fingerprint density at radius 2 is 2.21 bits per heavy atom. The highest BCUT2D eigenvalue weighted by atomic mass is 16.6. The zero-order valence-electron chi connectivity index (χ0n) is 10.4. The highest BCUT2D eigenvalue weighted by Crippen LogP contribution is 2.30. The molecule has 1 heterocycles. The van der Waals surface area contributed by atoms with Crippen LogP contribution in [0.2, 0.25) is 0 Å². The molecule has 0 atom stereocenters. The van der Waals surface area contributed by atoms with Crippen molar-refractivity contribution in [3.63, 3.8) is 0 Å². The van der Waals surface area contributed by atoms with Crippen LogP contribution in [-0.4, -0.2) is 9.91 Å². The smallest absolute Gasteiger partial charge is 0.276 e. The van der Waals surface area contributed by atoms with Crippen LogP contribution in [0, 0.1) is 17.0 Å². The molecule has 2 rings (SSSR count). The number of pyridine rings is 1. The fourth-order valence-corrected chi connectivity index (χ4v) is 1.67. The fourth-order valence-electron chi connectivity index (χ4n) is 1.67. The lowest BCUT2D eigenvalue weighted by Crippen LogP contribution is -1.98. The zero-order chi connectivity index (χ0) is 13.8. The lowest BCUT2D eigenvalue weighted by atomic mass is 10.2. The molecule has 0 spiro atoms. The van der Waals surface area contributed by atoms with E-state index in [0.29, 0.717) is 23.6 Å². The average molecular weight is 259 g/mol. The van der Waals surface area contributed by atoms with Gasteiger partial charge in [0.1, 0.15) is 11.5 Å². The highest BCUT2D eigenvalue weighted by molar-refractivity contribution is 5.49. The molecule has 19 heavy (non-hydrogen) atoms. The first-order chi connectivity index (χ1) is 9.11. The maximum atomic E-state index is 10.8. The van der Waals surface area contributed by atoms with E-state index in [1.54, 1.807) is 31.3 Å². The molecule has 6 heteroatoms. The second-order valence-corrected chi connectivity index (χ2v) is 3.99. The monoisotopic (exact) mass is 259 g/mol. The fraction of sp³-hybridized carbons (Fsp3) is 0.154. The van der Waals surface area contributed by atoms with Crippen LogP contribution in [0.1, 0.15) is 11.1 Å². The minimum Gasteiger partial charge on any atom is -0.455 e. The summed E-state index contributed by atoms with van der Waals surface area (Å²) in [5.41, 5.74) is 6.86. The predicted octanol–water partition coefficient (Wildman–Crippen LogP) is 2.55. The minimum absolute atomic E-state index is 0.0282. The summed E-state index contributed by atoms with van der Waals surface area (Å²) in [6.07, 6.45) is 3.19. The maximum Gasteiger partial charge on any atom is 0.276 e. The molecule has 6 nitrogen and oxygen atoms in total. The van der Waals surface area contributed by atoms with Crippen LogP contribution in [0.25, 0.3) is 0 Å². The van der Waals surface area contributed by atoms with Gasteiger partial charge in [-0.3, -0.25) is 15.1 Å². The van der Waals surface area contributed by atoms with Crippen LogP contribution in [0.3, 0.4) is 0 Å². The normalized spacial score (nSPS) is 10.2. The van der Waals surface area contributed by atoms with Crippen LogP contribution in [-0.2, 0) is 6.54 Å². The summed E-state index contributed by atoms with van der Waals surface area (Å²) in [5, 5.41) is 10.8. The molecular formula is C13H13N3O3. The lowest BCUT2D eigenvalue weighted by molar-refractivity contribution is -0.385. The number of nitrogens with two attached hydrogens (primary N) is 1. The Balaban J connectivity index is 2.33. The van der Waals surface area contributed by atoms with Gasteiger partial charge in [0.05, 0.1) is 16.7 Å². The van der Waals surface area contributed by atoms with Crippen molar-refractivity contribution in [2.45, 2.75) is 13.5 Å². The van der Waals surface area contributed by atoms with Gasteiger partial charge in [0, 0.05) is 18.8 Å². The van der Waals surface area contributed by atoms with Gasteiger partial charge in [0.15, 0.2) is 0 Å². The number of nitro benzene ring substituents is 1. The van der Waals surface area contributed by atoms with Crippen LogP contribution < -0.4 is 10.5 Å². The van der Waals surface area contributed by atoms with Gasteiger partial charge in [-0.25, -0.2) is 0 Å². The second-order valence-electron chi connectivity index (χ2n) is 3.99. The number of ether oxygens (including phenoxy) is 1. The van der Waals surface area contributed by atoms with Gasteiger partial charge in [-0.2, -0.15) is 0 Å². The zero-order valence-corrected chi connectivity index (χ0v) is 10.4. The molecule has 0 bridgehead atoms. The molecule has 0 saturated heterocycles. The molecule has 0 aliphatic rings. The summed E-state index contributed by atoms with van der Waals surface area (Å²) >= 11 is 0. The third kappa shape index (κ3) is 2.86. The first-order valence-electron chi connectivity index (χ1n) is 5.67. The summed E-state index contributed by atoms with van der Waals surface area (Å²) in [4.78, 5) is 14.4. The number of hydrogen-bond acceptors (Lipinski definition) is 5. The van der Waals surface area contributed by atoms with Gasteiger partial charge in [-0.1, -0.05) is 6.07 Å². The van der Waals surface area contributed by atoms with E-state index in [1.807, 2.05) is 0 Å².